The van der Waals surface area contributed by atoms with Crippen LogP contribution in [0.5, 0.6) is 0 Å². The van der Waals surface area contributed by atoms with Gasteiger partial charge in [-0.3, -0.25) is 0 Å². The summed E-state index contributed by atoms with van der Waals surface area (Å²) in [5, 5.41) is 3.79. The summed E-state index contributed by atoms with van der Waals surface area (Å²) in [6, 6.07) is 5.16. The zero-order valence-electron chi connectivity index (χ0n) is 11.6. The Kier molecular flexibility index (Phi) is 5.23. The molecule has 19 heavy (non-hydrogen) atoms. The summed E-state index contributed by atoms with van der Waals surface area (Å²) in [7, 11) is 0. The number of hydrogen-bond acceptors (Lipinski definition) is 1. The summed E-state index contributed by atoms with van der Waals surface area (Å²) in [4.78, 5) is 0. The maximum absolute atomic E-state index is 13.6. The van der Waals surface area contributed by atoms with E-state index in [-0.39, 0.29) is 11.2 Å². The molecule has 1 fully saturated rings. The van der Waals surface area contributed by atoms with Gasteiger partial charge in [0.25, 0.3) is 0 Å². The van der Waals surface area contributed by atoms with Gasteiger partial charge in [0, 0.05) is 6.54 Å². The van der Waals surface area contributed by atoms with Crippen molar-refractivity contribution in [3.8, 4) is 0 Å². The second-order valence-corrected chi connectivity index (χ2v) is 6.11. The van der Waals surface area contributed by atoms with Gasteiger partial charge in [0.1, 0.15) is 5.82 Å². The number of halogens is 2. The summed E-state index contributed by atoms with van der Waals surface area (Å²) < 4.78 is 13.6. The molecule has 0 amide bonds. The number of nitrogens with one attached hydrogen (secondary N) is 1. The first-order chi connectivity index (χ1) is 9.17. The first-order valence-corrected chi connectivity index (χ1v) is 7.68. The highest BCUT2D eigenvalue weighted by Crippen LogP contribution is 2.40. The van der Waals surface area contributed by atoms with Crippen LogP contribution in [0.25, 0.3) is 0 Å². The maximum Gasteiger partial charge on any atom is 0.142 e. The average Bonchev–Trinajstić information content (AvgIpc) is 2.43. The minimum absolute atomic E-state index is 0.256. The largest absolute Gasteiger partial charge is 0.316 e. The molecular weight excluding hydrogens is 261 g/mol. The van der Waals surface area contributed by atoms with Crippen molar-refractivity contribution in [2.75, 3.05) is 13.1 Å². The lowest BCUT2D eigenvalue weighted by Gasteiger charge is -2.38. The molecule has 1 aliphatic rings. The van der Waals surface area contributed by atoms with Crippen molar-refractivity contribution in [2.45, 2.75) is 45.4 Å². The lowest BCUT2D eigenvalue weighted by Crippen LogP contribution is -2.38. The van der Waals surface area contributed by atoms with Crippen LogP contribution < -0.4 is 5.32 Å². The Morgan fingerprint density at radius 1 is 1.26 bits per heavy atom. The minimum Gasteiger partial charge on any atom is -0.316 e. The topological polar surface area (TPSA) is 12.0 Å². The van der Waals surface area contributed by atoms with E-state index < -0.39 is 0 Å². The van der Waals surface area contributed by atoms with E-state index in [1.807, 2.05) is 6.07 Å². The van der Waals surface area contributed by atoms with Crippen molar-refractivity contribution in [1.29, 1.82) is 0 Å². The van der Waals surface area contributed by atoms with Crippen LogP contribution >= 0.6 is 11.6 Å². The second kappa shape index (κ2) is 6.71. The van der Waals surface area contributed by atoms with E-state index in [4.69, 9.17) is 11.6 Å². The molecule has 0 heterocycles. The molecule has 0 atom stereocenters. The van der Waals surface area contributed by atoms with E-state index in [0.717, 1.165) is 25.1 Å². The lowest BCUT2D eigenvalue weighted by molar-refractivity contribution is 0.182. The summed E-state index contributed by atoms with van der Waals surface area (Å²) in [6.45, 7) is 4.13. The predicted molar refractivity (Wildman–Crippen MR) is 79.2 cm³/mol. The van der Waals surface area contributed by atoms with Crippen LogP contribution in [0.15, 0.2) is 18.2 Å². The highest BCUT2D eigenvalue weighted by atomic mass is 35.5. The predicted octanol–water partition coefficient (Wildman–Crippen LogP) is 4.58. The summed E-state index contributed by atoms with van der Waals surface area (Å²) in [5.74, 6) is -0.298. The van der Waals surface area contributed by atoms with E-state index in [9.17, 15) is 4.39 Å². The third-order valence-electron chi connectivity index (χ3n) is 4.26. The SMILES string of the molecule is CCNCC1(Cc2cccc(F)c2Cl)CCCCC1. The Balaban J connectivity index is 2.17. The zero-order valence-corrected chi connectivity index (χ0v) is 12.4. The molecular formula is C16H23ClFN. The molecule has 2 rings (SSSR count). The third kappa shape index (κ3) is 3.70. The summed E-state index contributed by atoms with van der Waals surface area (Å²) >= 11 is 6.11. The molecule has 3 heteroatoms. The van der Waals surface area contributed by atoms with Crippen molar-refractivity contribution in [2.24, 2.45) is 5.41 Å². The minimum atomic E-state index is -0.298. The fourth-order valence-electron chi connectivity index (χ4n) is 3.20. The standard InChI is InChI=1S/C16H23ClFN/c1-2-19-12-16(9-4-3-5-10-16)11-13-7-6-8-14(18)15(13)17/h6-8,19H,2-5,9-12H2,1H3. The third-order valence-corrected chi connectivity index (χ3v) is 4.68. The normalized spacial score (nSPS) is 18.5. The van der Waals surface area contributed by atoms with Crippen molar-refractivity contribution < 1.29 is 4.39 Å². The number of benzene rings is 1. The van der Waals surface area contributed by atoms with Crippen LogP contribution in [0.4, 0.5) is 4.39 Å². The molecule has 1 aromatic rings. The van der Waals surface area contributed by atoms with E-state index >= 15 is 0 Å². The van der Waals surface area contributed by atoms with E-state index in [1.165, 1.54) is 38.2 Å². The Labute approximate surface area is 120 Å². The van der Waals surface area contributed by atoms with Gasteiger partial charge in [-0.1, -0.05) is 49.9 Å². The van der Waals surface area contributed by atoms with Crippen molar-refractivity contribution in [3.05, 3.63) is 34.6 Å². The van der Waals surface area contributed by atoms with Gasteiger partial charge in [-0.15, -0.1) is 0 Å². The Morgan fingerprint density at radius 2 is 2.00 bits per heavy atom. The molecule has 0 bridgehead atoms. The Hall–Kier alpha value is -0.600. The van der Waals surface area contributed by atoms with Gasteiger partial charge in [-0.2, -0.15) is 0 Å². The second-order valence-electron chi connectivity index (χ2n) is 5.73. The van der Waals surface area contributed by atoms with Crippen LogP contribution in [0, 0.1) is 11.2 Å². The number of rotatable bonds is 5. The molecule has 1 aromatic carbocycles. The first kappa shape index (κ1) is 14.8. The number of hydrogen-bond donors (Lipinski definition) is 1. The monoisotopic (exact) mass is 283 g/mol. The molecule has 0 aliphatic heterocycles. The molecule has 0 aromatic heterocycles. The molecule has 106 valence electrons. The molecule has 0 unspecified atom stereocenters. The molecule has 0 spiro atoms. The molecule has 1 saturated carbocycles. The van der Waals surface area contributed by atoms with Gasteiger partial charge in [-0.05, 0) is 42.9 Å². The van der Waals surface area contributed by atoms with E-state index in [0.29, 0.717) is 5.02 Å². The van der Waals surface area contributed by atoms with Crippen molar-refractivity contribution in [1.82, 2.24) is 5.32 Å². The van der Waals surface area contributed by atoms with Crippen LogP contribution in [0.3, 0.4) is 0 Å². The van der Waals surface area contributed by atoms with Crippen LogP contribution in [0.2, 0.25) is 5.02 Å². The molecule has 1 N–H and O–H groups in total. The zero-order chi connectivity index (χ0) is 13.7. The highest BCUT2D eigenvalue weighted by Gasteiger charge is 2.32. The van der Waals surface area contributed by atoms with Crippen molar-refractivity contribution >= 4 is 11.6 Å². The summed E-state index contributed by atoms with van der Waals surface area (Å²) in [6.07, 6.45) is 7.19. The van der Waals surface area contributed by atoms with Gasteiger partial charge in [0.05, 0.1) is 5.02 Å². The first-order valence-electron chi connectivity index (χ1n) is 7.30. The Morgan fingerprint density at radius 3 is 2.68 bits per heavy atom. The van der Waals surface area contributed by atoms with Crippen molar-refractivity contribution in [3.63, 3.8) is 0 Å². The van der Waals surface area contributed by atoms with Crippen LogP contribution in [-0.2, 0) is 6.42 Å². The quantitative estimate of drug-likeness (QED) is 0.834. The van der Waals surface area contributed by atoms with Gasteiger partial charge in [-0.25, -0.2) is 4.39 Å². The molecule has 1 aliphatic carbocycles. The van der Waals surface area contributed by atoms with Gasteiger partial charge in [0.2, 0.25) is 0 Å². The lowest BCUT2D eigenvalue weighted by atomic mass is 9.70. The molecule has 1 nitrogen and oxygen atoms in total. The van der Waals surface area contributed by atoms with Gasteiger partial charge < -0.3 is 5.32 Å². The summed E-state index contributed by atoms with van der Waals surface area (Å²) in [5.41, 5.74) is 1.22. The highest BCUT2D eigenvalue weighted by molar-refractivity contribution is 6.31. The smallest absolute Gasteiger partial charge is 0.142 e. The van der Waals surface area contributed by atoms with Crippen LogP contribution in [0.1, 0.15) is 44.6 Å². The van der Waals surface area contributed by atoms with Gasteiger partial charge in [0.15, 0.2) is 0 Å². The average molecular weight is 284 g/mol. The van der Waals surface area contributed by atoms with Gasteiger partial charge >= 0.3 is 0 Å². The molecule has 0 radical (unpaired) electrons. The van der Waals surface area contributed by atoms with Crippen LogP contribution in [-0.4, -0.2) is 13.1 Å². The fraction of sp³-hybridized carbons (Fsp3) is 0.625. The Bertz CT molecular complexity index is 413. The fourth-order valence-corrected chi connectivity index (χ4v) is 3.39. The van der Waals surface area contributed by atoms with E-state index in [2.05, 4.69) is 12.2 Å². The maximum atomic E-state index is 13.6. The van der Waals surface area contributed by atoms with E-state index in [1.54, 1.807) is 6.07 Å². The molecule has 0 saturated heterocycles.